The van der Waals surface area contributed by atoms with E-state index in [1.165, 1.54) is 12.8 Å². The lowest BCUT2D eigenvalue weighted by Gasteiger charge is -2.30. The number of aliphatic hydroxyl groups excluding tert-OH is 1. The first-order valence-corrected chi connectivity index (χ1v) is 7.57. The molecule has 1 fully saturated rings. The molecule has 1 aliphatic carbocycles. The minimum Gasteiger partial charge on any atom is -0.396 e. The van der Waals surface area contributed by atoms with Crippen LogP contribution in [0, 0.1) is 11.8 Å². The van der Waals surface area contributed by atoms with Crippen molar-refractivity contribution in [3.05, 3.63) is 17.5 Å². The van der Waals surface area contributed by atoms with E-state index in [0.29, 0.717) is 24.1 Å². The molecule has 112 valence electrons. The maximum atomic E-state index is 12.2. The lowest BCUT2D eigenvalue weighted by atomic mass is 9.79. The molecule has 0 bridgehead atoms. The van der Waals surface area contributed by atoms with Crippen LogP contribution in [0.2, 0.25) is 0 Å². The normalized spacial score (nSPS) is 22.8. The molecule has 1 aromatic heterocycles. The van der Waals surface area contributed by atoms with Crippen molar-refractivity contribution in [2.75, 3.05) is 13.2 Å². The highest BCUT2D eigenvalue weighted by molar-refractivity contribution is 5.92. The molecule has 2 atom stereocenters. The molecule has 0 radical (unpaired) electrons. The third-order valence-electron chi connectivity index (χ3n) is 4.35. The average Bonchev–Trinajstić information content (AvgIpc) is 2.86. The molecule has 1 aliphatic rings. The standard InChI is InChI=1S/C15H25N3O2/c1-3-13-8-14(18(2)17-13)15(20)16-9-11-6-4-5-7-12(11)10-19/h8,11-12,19H,3-7,9-10H2,1-2H3,(H,16,20). The molecule has 1 aromatic rings. The van der Waals surface area contributed by atoms with E-state index in [2.05, 4.69) is 10.4 Å². The summed E-state index contributed by atoms with van der Waals surface area (Å²) in [5.41, 5.74) is 1.54. The zero-order chi connectivity index (χ0) is 14.5. The van der Waals surface area contributed by atoms with Crippen LogP contribution in [0.4, 0.5) is 0 Å². The number of amides is 1. The summed E-state index contributed by atoms with van der Waals surface area (Å²) in [5.74, 6) is 0.667. The molecule has 20 heavy (non-hydrogen) atoms. The summed E-state index contributed by atoms with van der Waals surface area (Å²) >= 11 is 0. The summed E-state index contributed by atoms with van der Waals surface area (Å²) in [6, 6.07) is 1.85. The number of rotatable bonds is 5. The number of carbonyl (C=O) groups is 1. The number of nitrogens with one attached hydrogen (secondary N) is 1. The third-order valence-corrected chi connectivity index (χ3v) is 4.35. The summed E-state index contributed by atoms with van der Waals surface area (Å²) in [7, 11) is 1.80. The zero-order valence-corrected chi connectivity index (χ0v) is 12.4. The fourth-order valence-electron chi connectivity index (χ4n) is 3.02. The molecular weight excluding hydrogens is 254 g/mol. The first kappa shape index (κ1) is 15.0. The SMILES string of the molecule is CCc1cc(C(=O)NCC2CCCCC2CO)n(C)n1. The Bertz CT molecular complexity index is 456. The van der Waals surface area contributed by atoms with Gasteiger partial charge in [-0.15, -0.1) is 0 Å². The Balaban J connectivity index is 1.92. The van der Waals surface area contributed by atoms with E-state index in [0.717, 1.165) is 25.0 Å². The fourth-order valence-corrected chi connectivity index (χ4v) is 3.02. The predicted octanol–water partition coefficient (Wildman–Crippen LogP) is 1.51. The molecule has 0 aromatic carbocycles. The van der Waals surface area contributed by atoms with Gasteiger partial charge < -0.3 is 10.4 Å². The number of hydrogen-bond acceptors (Lipinski definition) is 3. The minimum atomic E-state index is -0.0676. The maximum Gasteiger partial charge on any atom is 0.269 e. The van der Waals surface area contributed by atoms with E-state index in [4.69, 9.17) is 0 Å². The quantitative estimate of drug-likeness (QED) is 0.858. The highest BCUT2D eigenvalue weighted by Crippen LogP contribution is 2.29. The van der Waals surface area contributed by atoms with Gasteiger partial charge in [-0.2, -0.15) is 5.10 Å². The van der Waals surface area contributed by atoms with E-state index in [1.54, 1.807) is 11.7 Å². The van der Waals surface area contributed by atoms with Crippen LogP contribution in [0.5, 0.6) is 0 Å². The van der Waals surface area contributed by atoms with Gasteiger partial charge in [0.1, 0.15) is 5.69 Å². The fraction of sp³-hybridized carbons (Fsp3) is 0.733. The van der Waals surface area contributed by atoms with E-state index in [1.807, 2.05) is 13.0 Å². The van der Waals surface area contributed by atoms with Crippen LogP contribution in [0.25, 0.3) is 0 Å². The number of hydrogen-bond donors (Lipinski definition) is 2. The van der Waals surface area contributed by atoms with Crippen molar-refractivity contribution in [2.24, 2.45) is 18.9 Å². The highest BCUT2D eigenvalue weighted by Gasteiger charge is 2.25. The molecule has 0 aliphatic heterocycles. The van der Waals surface area contributed by atoms with E-state index in [-0.39, 0.29) is 12.5 Å². The number of nitrogens with zero attached hydrogens (tertiary/aromatic N) is 2. The summed E-state index contributed by atoms with van der Waals surface area (Å²) in [4.78, 5) is 12.2. The van der Waals surface area contributed by atoms with Crippen LogP contribution in [-0.2, 0) is 13.5 Å². The molecule has 1 amide bonds. The minimum absolute atomic E-state index is 0.0676. The Morgan fingerprint density at radius 3 is 2.75 bits per heavy atom. The lowest BCUT2D eigenvalue weighted by Crippen LogP contribution is -2.36. The van der Waals surface area contributed by atoms with Crippen molar-refractivity contribution in [3.63, 3.8) is 0 Å². The Morgan fingerprint density at radius 1 is 1.45 bits per heavy atom. The topological polar surface area (TPSA) is 67.2 Å². The van der Waals surface area contributed by atoms with E-state index in [9.17, 15) is 9.90 Å². The van der Waals surface area contributed by atoms with Gasteiger partial charge in [0, 0.05) is 20.2 Å². The van der Waals surface area contributed by atoms with Crippen LogP contribution in [0.1, 0.15) is 48.8 Å². The maximum absolute atomic E-state index is 12.2. The monoisotopic (exact) mass is 279 g/mol. The molecular formula is C15H25N3O2. The van der Waals surface area contributed by atoms with Crippen LogP contribution >= 0.6 is 0 Å². The van der Waals surface area contributed by atoms with Gasteiger partial charge in [0.15, 0.2) is 0 Å². The number of carbonyl (C=O) groups excluding carboxylic acids is 1. The van der Waals surface area contributed by atoms with Crippen LogP contribution in [0.3, 0.4) is 0 Å². The van der Waals surface area contributed by atoms with Crippen LogP contribution in [-0.4, -0.2) is 33.9 Å². The summed E-state index contributed by atoms with van der Waals surface area (Å²) in [6.07, 6.45) is 5.39. The Morgan fingerprint density at radius 2 is 2.15 bits per heavy atom. The molecule has 0 spiro atoms. The highest BCUT2D eigenvalue weighted by atomic mass is 16.3. The third kappa shape index (κ3) is 3.39. The summed E-state index contributed by atoms with van der Waals surface area (Å²) in [6.45, 7) is 2.90. The van der Waals surface area contributed by atoms with Crippen molar-refractivity contribution in [1.82, 2.24) is 15.1 Å². The second-order valence-corrected chi connectivity index (χ2v) is 5.70. The Kier molecular flexibility index (Phi) is 5.17. The van der Waals surface area contributed by atoms with Crippen LogP contribution in [0.15, 0.2) is 6.07 Å². The second kappa shape index (κ2) is 6.88. The average molecular weight is 279 g/mol. The van der Waals surface area contributed by atoms with Crippen molar-refractivity contribution in [1.29, 1.82) is 0 Å². The first-order chi connectivity index (χ1) is 9.65. The molecule has 1 saturated carbocycles. The molecule has 5 nitrogen and oxygen atoms in total. The number of aryl methyl sites for hydroxylation is 2. The van der Waals surface area contributed by atoms with Crippen molar-refractivity contribution in [3.8, 4) is 0 Å². The van der Waals surface area contributed by atoms with Crippen molar-refractivity contribution < 1.29 is 9.90 Å². The summed E-state index contributed by atoms with van der Waals surface area (Å²) in [5, 5.41) is 16.7. The summed E-state index contributed by atoms with van der Waals surface area (Å²) < 4.78 is 1.64. The number of aliphatic hydroxyl groups is 1. The largest absolute Gasteiger partial charge is 0.396 e. The predicted molar refractivity (Wildman–Crippen MR) is 77.5 cm³/mol. The zero-order valence-electron chi connectivity index (χ0n) is 12.4. The Hall–Kier alpha value is -1.36. The number of aromatic nitrogens is 2. The molecule has 1 heterocycles. The van der Waals surface area contributed by atoms with Gasteiger partial charge >= 0.3 is 0 Å². The smallest absolute Gasteiger partial charge is 0.269 e. The first-order valence-electron chi connectivity index (χ1n) is 7.57. The van der Waals surface area contributed by atoms with Crippen molar-refractivity contribution in [2.45, 2.75) is 39.0 Å². The molecule has 2 rings (SSSR count). The van der Waals surface area contributed by atoms with Gasteiger partial charge in [-0.1, -0.05) is 19.8 Å². The van der Waals surface area contributed by atoms with Gasteiger partial charge in [-0.3, -0.25) is 9.48 Å². The van der Waals surface area contributed by atoms with E-state index < -0.39 is 0 Å². The van der Waals surface area contributed by atoms with Gasteiger partial charge in [0.2, 0.25) is 0 Å². The Labute approximate surface area is 120 Å². The van der Waals surface area contributed by atoms with Gasteiger partial charge in [0.25, 0.3) is 5.91 Å². The molecule has 2 unspecified atom stereocenters. The van der Waals surface area contributed by atoms with Gasteiger partial charge in [-0.25, -0.2) is 0 Å². The van der Waals surface area contributed by atoms with Gasteiger partial charge in [0.05, 0.1) is 5.69 Å². The molecule has 0 saturated heterocycles. The van der Waals surface area contributed by atoms with E-state index >= 15 is 0 Å². The van der Waals surface area contributed by atoms with Crippen LogP contribution < -0.4 is 5.32 Å². The molecule has 2 N–H and O–H groups in total. The van der Waals surface area contributed by atoms with Crippen molar-refractivity contribution >= 4 is 5.91 Å². The second-order valence-electron chi connectivity index (χ2n) is 5.70. The lowest BCUT2D eigenvalue weighted by molar-refractivity contribution is 0.0900. The molecule has 5 heteroatoms. The van der Waals surface area contributed by atoms with Gasteiger partial charge in [-0.05, 0) is 37.2 Å².